The van der Waals surface area contributed by atoms with Gasteiger partial charge in [-0.1, -0.05) is 56.7 Å². The number of aryl methyl sites for hydroxylation is 2. The summed E-state index contributed by atoms with van der Waals surface area (Å²) in [5.74, 6) is 0.923. The number of furan rings is 1. The van der Waals surface area contributed by atoms with Gasteiger partial charge >= 0.3 is 6.03 Å². The number of para-hydroxylation sites is 1. The van der Waals surface area contributed by atoms with Crippen LogP contribution in [0.2, 0.25) is 0 Å². The predicted octanol–water partition coefficient (Wildman–Crippen LogP) is 6.99. The fourth-order valence-corrected chi connectivity index (χ4v) is 5.47. The number of nitrogens with zero attached hydrogens (tertiary/aromatic N) is 2. The quantitative estimate of drug-likeness (QED) is 0.214. The third-order valence-electron chi connectivity index (χ3n) is 7.80. The van der Waals surface area contributed by atoms with Crippen molar-refractivity contribution in [3.05, 3.63) is 95.1 Å². The summed E-state index contributed by atoms with van der Waals surface area (Å²) in [6, 6.07) is 18.9. The molecule has 1 unspecified atom stereocenters. The first-order valence-corrected chi connectivity index (χ1v) is 14.3. The zero-order valence-corrected chi connectivity index (χ0v) is 24.5. The van der Waals surface area contributed by atoms with Gasteiger partial charge < -0.3 is 15.1 Å². The molecule has 1 aliphatic heterocycles. The van der Waals surface area contributed by atoms with Crippen LogP contribution in [-0.4, -0.2) is 34.7 Å². The second-order valence-corrected chi connectivity index (χ2v) is 11.9. The Morgan fingerprint density at radius 3 is 2.37 bits per heavy atom. The van der Waals surface area contributed by atoms with Crippen LogP contribution >= 0.6 is 0 Å². The molecule has 214 valence electrons. The van der Waals surface area contributed by atoms with Crippen molar-refractivity contribution >= 4 is 23.3 Å². The van der Waals surface area contributed by atoms with E-state index in [9.17, 15) is 9.59 Å². The van der Waals surface area contributed by atoms with Gasteiger partial charge in [0.1, 0.15) is 11.6 Å². The lowest BCUT2D eigenvalue weighted by Crippen LogP contribution is -2.34. The standard InChI is InChI=1S/C33H39N5O3/c1-21-10-12-24(13-11-21)38-29(20-28(37-38)33(3,4)5)36-32(40)35-27-9-7-6-8-26(27)30(23-14-17-34-18-15-23)31(39)25-16-19-41-22(25)2/h6-13,16,19-20,23,30,34H,14-15,17-18H2,1-5H3,(H2,35,36,40). The molecule has 0 saturated carbocycles. The number of Topliss-reactive ketones (excluding diaryl/α,β-unsaturated/α-hetero) is 1. The lowest BCUT2D eigenvalue weighted by Gasteiger charge is -2.31. The molecule has 1 fully saturated rings. The minimum atomic E-state index is -0.407. The van der Waals surface area contributed by atoms with Crippen molar-refractivity contribution in [1.82, 2.24) is 15.1 Å². The van der Waals surface area contributed by atoms with E-state index in [0.717, 1.165) is 48.4 Å². The zero-order valence-electron chi connectivity index (χ0n) is 24.5. The predicted molar refractivity (Wildman–Crippen MR) is 162 cm³/mol. The van der Waals surface area contributed by atoms with Gasteiger partial charge in [0, 0.05) is 17.2 Å². The molecule has 3 heterocycles. The first-order valence-electron chi connectivity index (χ1n) is 14.3. The molecule has 0 spiro atoms. The van der Waals surface area contributed by atoms with Crippen molar-refractivity contribution in [2.24, 2.45) is 5.92 Å². The highest BCUT2D eigenvalue weighted by atomic mass is 16.3. The Kier molecular flexibility index (Phi) is 8.13. The summed E-state index contributed by atoms with van der Waals surface area (Å²) < 4.78 is 7.24. The molecule has 1 aliphatic rings. The van der Waals surface area contributed by atoms with Gasteiger partial charge in [-0.15, -0.1) is 0 Å². The van der Waals surface area contributed by atoms with Crippen LogP contribution in [0.1, 0.15) is 72.5 Å². The lowest BCUT2D eigenvalue weighted by atomic mass is 9.76. The number of benzene rings is 2. The summed E-state index contributed by atoms with van der Waals surface area (Å²) in [7, 11) is 0. The van der Waals surface area contributed by atoms with Crippen molar-refractivity contribution in [1.29, 1.82) is 0 Å². The van der Waals surface area contributed by atoms with Gasteiger partial charge in [0.15, 0.2) is 5.78 Å². The molecule has 0 radical (unpaired) electrons. The average molecular weight is 554 g/mol. The molecule has 2 amide bonds. The zero-order chi connectivity index (χ0) is 29.1. The molecule has 1 saturated heterocycles. The Bertz CT molecular complexity index is 1520. The number of aromatic nitrogens is 2. The van der Waals surface area contributed by atoms with Crippen LogP contribution in [0.25, 0.3) is 5.69 Å². The number of anilines is 2. The highest BCUT2D eigenvalue weighted by molar-refractivity contribution is 6.04. The number of urea groups is 1. The second kappa shape index (κ2) is 11.7. The van der Waals surface area contributed by atoms with E-state index in [2.05, 4.69) is 36.7 Å². The lowest BCUT2D eigenvalue weighted by molar-refractivity contribution is 0.0914. The Morgan fingerprint density at radius 2 is 1.71 bits per heavy atom. The summed E-state index contributed by atoms with van der Waals surface area (Å²) in [6.07, 6.45) is 3.31. The molecular formula is C33H39N5O3. The van der Waals surface area contributed by atoms with Crippen LogP contribution in [0.3, 0.4) is 0 Å². The van der Waals surface area contributed by atoms with Crippen molar-refractivity contribution in [3.63, 3.8) is 0 Å². The molecule has 4 aromatic rings. The van der Waals surface area contributed by atoms with Crippen molar-refractivity contribution in [2.75, 3.05) is 23.7 Å². The molecule has 5 rings (SSSR count). The molecule has 3 N–H and O–H groups in total. The van der Waals surface area contributed by atoms with Gasteiger partial charge in [-0.2, -0.15) is 5.10 Å². The van der Waals surface area contributed by atoms with Gasteiger partial charge in [-0.3, -0.25) is 10.1 Å². The van der Waals surface area contributed by atoms with Crippen molar-refractivity contribution in [2.45, 2.75) is 58.8 Å². The summed E-state index contributed by atoms with van der Waals surface area (Å²) in [5.41, 5.74) is 4.66. The van der Waals surface area contributed by atoms with Crippen LogP contribution in [0.5, 0.6) is 0 Å². The van der Waals surface area contributed by atoms with Crippen molar-refractivity contribution in [3.8, 4) is 5.69 Å². The van der Waals surface area contributed by atoms with E-state index in [1.165, 1.54) is 0 Å². The second-order valence-electron chi connectivity index (χ2n) is 11.9. The van der Waals surface area contributed by atoms with Crippen LogP contribution < -0.4 is 16.0 Å². The maximum absolute atomic E-state index is 14.0. The number of ketones is 1. The van der Waals surface area contributed by atoms with E-state index >= 15 is 0 Å². The first kappa shape index (κ1) is 28.4. The van der Waals surface area contributed by atoms with Gasteiger partial charge in [-0.05, 0) is 75.5 Å². The highest BCUT2D eigenvalue weighted by Gasteiger charge is 2.34. The van der Waals surface area contributed by atoms with E-state index < -0.39 is 11.9 Å². The van der Waals surface area contributed by atoms with Crippen LogP contribution in [0.15, 0.2) is 71.3 Å². The third-order valence-corrected chi connectivity index (χ3v) is 7.80. The summed E-state index contributed by atoms with van der Waals surface area (Å²) >= 11 is 0. The number of hydrogen-bond acceptors (Lipinski definition) is 5. The summed E-state index contributed by atoms with van der Waals surface area (Å²) in [4.78, 5) is 27.5. The number of nitrogens with one attached hydrogen (secondary N) is 3. The first-order chi connectivity index (χ1) is 19.6. The molecule has 2 aromatic carbocycles. The minimum Gasteiger partial charge on any atom is -0.469 e. The fraction of sp³-hybridized carbons (Fsp3) is 0.364. The van der Waals surface area contributed by atoms with E-state index in [1.54, 1.807) is 17.0 Å². The molecular weight excluding hydrogens is 514 g/mol. The van der Waals surface area contributed by atoms with Crippen LogP contribution in [-0.2, 0) is 5.41 Å². The number of amides is 2. The van der Waals surface area contributed by atoms with E-state index in [4.69, 9.17) is 9.52 Å². The largest absolute Gasteiger partial charge is 0.469 e. The maximum Gasteiger partial charge on any atom is 0.324 e. The topological polar surface area (TPSA) is 101 Å². The van der Waals surface area contributed by atoms with E-state index in [-0.39, 0.29) is 17.1 Å². The van der Waals surface area contributed by atoms with Gasteiger partial charge in [0.2, 0.25) is 0 Å². The van der Waals surface area contributed by atoms with Crippen LogP contribution in [0.4, 0.5) is 16.3 Å². The Labute approximate surface area is 241 Å². The van der Waals surface area contributed by atoms with E-state index in [0.29, 0.717) is 22.8 Å². The molecule has 8 nitrogen and oxygen atoms in total. The Morgan fingerprint density at radius 1 is 1.00 bits per heavy atom. The third kappa shape index (κ3) is 6.28. The van der Waals surface area contributed by atoms with Crippen molar-refractivity contribution < 1.29 is 14.0 Å². The molecule has 41 heavy (non-hydrogen) atoms. The monoisotopic (exact) mass is 553 g/mol. The molecule has 2 aromatic heterocycles. The Balaban J connectivity index is 1.46. The average Bonchev–Trinajstić information content (AvgIpc) is 3.57. The number of hydrogen-bond donors (Lipinski definition) is 3. The molecule has 1 atom stereocenters. The normalized spacial score (nSPS) is 15.0. The number of rotatable bonds is 7. The molecule has 0 bridgehead atoms. The molecule has 8 heteroatoms. The number of carbonyl (C=O) groups excluding carboxylic acids is 2. The van der Waals surface area contributed by atoms with Crippen LogP contribution in [0, 0.1) is 19.8 Å². The number of carbonyl (C=O) groups is 2. The summed E-state index contributed by atoms with van der Waals surface area (Å²) in [5, 5.41) is 14.3. The fourth-order valence-electron chi connectivity index (χ4n) is 5.47. The molecule has 0 aliphatic carbocycles. The SMILES string of the molecule is Cc1ccc(-n2nc(C(C)(C)C)cc2NC(=O)Nc2ccccc2C(C(=O)c2ccoc2C)C2CCNCC2)cc1. The number of piperidine rings is 1. The minimum absolute atomic E-state index is 0.0186. The maximum atomic E-state index is 14.0. The van der Waals surface area contributed by atoms with Gasteiger partial charge in [-0.25, -0.2) is 9.48 Å². The summed E-state index contributed by atoms with van der Waals surface area (Å²) in [6.45, 7) is 11.8. The van der Waals surface area contributed by atoms with Gasteiger partial charge in [0.25, 0.3) is 0 Å². The highest BCUT2D eigenvalue weighted by Crippen LogP contribution is 2.38. The van der Waals surface area contributed by atoms with Gasteiger partial charge in [0.05, 0.1) is 29.1 Å². The smallest absolute Gasteiger partial charge is 0.324 e. The Hall–Kier alpha value is -4.17. The van der Waals surface area contributed by atoms with E-state index in [1.807, 2.05) is 68.4 Å².